The predicted molar refractivity (Wildman–Crippen MR) is 112 cm³/mol. The lowest BCUT2D eigenvalue weighted by molar-refractivity contribution is 0.182. The van der Waals surface area contributed by atoms with Crippen LogP contribution in [0.5, 0.6) is 0 Å². The van der Waals surface area contributed by atoms with Gasteiger partial charge in [0.25, 0.3) is 0 Å². The Bertz CT molecular complexity index is 1020. The summed E-state index contributed by atoms with van der Waals surface area (Å²) in [5.74, 6) is 0. The lowest BCUT2D eigenvalue weighted by Gasteiger charge is -2.34. The Balaban J connectivity index is 1.42. The topological polar surface area (TPSA) is 40.6 Å². The zero-order chi connectivity index (χ0) is 18.9. The summed E-state index contributed by atoms with van der Waals surface area (Å²) >= 11 is 1.77. The van der Waals surface area contributed by atoms with Crippen molar-refractivity contribution >= 4 is 31.4 Å². The van der Waals surface area contributed by atoms with E-state index in [4.69, 9.17) is 0 Å². The van der Waals surface area contributed by atoms with Gasteiger partial charge in [0.05, 0.1) is 4.90 Å². The third-order valence-corrected chi connectivity index (χ3v) is 8.18. The van der Waals surface area contributed by atoms with E-state index in [9.17, 15) is 8.42 Å². The Hall–Kier alpha value is -1.73. The van der Waals surface area contributed by atoms with Crippen LogP contribution >= 0.6 is 11.3 Å². The number of hydrogen-bond donors (Lipinski definition) is 0. The molecule has 4 rings (SSSR count). The van der Waals surface area contributed by atoms with Crippen molar-refractivity contribution in [2.75, 3.05) is 26.2 Å². The van der Waals surface area contributed by atoms with Crippen molar-refractivity contribution in [2.45, 2.75) is 24.8 Å². The summed E-state index contributed by atoms with van der Waals surface area (Å²) in [6.07, 6.45) is 0.913. The van der Waals surface area contributed by atoms with Gasteiger partial charge in [0.1, 0.15) is 0 Å². The van der Waals surface area contributed by atoms with Crippen LogP contribution in [0.3, 0.4) is 0 Å². The molecule has 1 aliphatic heterocycles. The Kier molecular flexibility index (Phi) is 5.32. The van der Waals surface area contributed by atoms with Gasteiger partial charge in [-0.1, -0.05) is 37.3 Å². The highest BCUT2D eigenvalue weighted by Crippen LogP contribution is 2.27. The molecule has 0 bridgehead atoms. The van der Waals surface area contributed by atoms with Crippen LogP contribution in [0, 0.1) is 0 Å². The first-order valence-corrected chi connectivity index (χ1v) is 11.7. The zero-order valence-corrected chi connectivity index (χ0v) is 17.1. The lowest BCUT2D eigenvalue weighted by atomic mass is 10.1. The maximum Gasteiger partial charge on any atom is 0.243 e. The van der Waals surface area contributed by atoms with Gasteiger partial charge in [-0.2, -0.15) is 4.31 Å². The number of benzene rings is 2. The first kappa shape index (κ1) is 18.6. The molecule has 0 unspecified atom stereocenters. The quantitative estimate of drug-likeness (QED) is 0.651. The number of nitrogens with zero attached hydrogens (tertiary/aromatic N) is 2. The van der Waals surface area contributed by atoms with Crippen LogP contribution in [0.2, 0.25) is 0 Å². The average Bonchev–Trinajstić information content (AvgIpc) is 3.11. The van der Waals surface area contributed by atoms with Crippen LogP contribution in [0.4, 0.5) is 0 Å². The molecule has 27 heavy (non-hydrogen) atoms. The predicted octanol–water partition coefficient (Wildman–Crippen LogP) is 3.97. The Morgan fingerprint density at radius 1 is 0.963 bits per heavy atom. The largest absolute Gasteiger partial charge is 0.296 e. The molecule has 1 saturated heterocycles. The van der Waals surface area contributed by atoms with E-state index in [1.807, 2.05) is 12.1 Å². The number of piperazine rings is 1. The maximum absolute atomic E-state index is 12.9. The molecule has 0 amide bonds. The van der Waals surface area contributed by atoms with Crippen LogP contribution < -0.4 is 0 Å². The molecule has 3 aromatic rings. The first-order valence-electron chi connectivity index (χ1n) is 9.34. The van der Waals surface area contributed by atoms with Gasteiger partial charge in [-0.15, -0.1) is 11.3 Å². The second kappa shape index (κ2) is 7.72. The van der Waals surface area contributed by atoms with E-state index in [1.165, 1.54) is 15.6 Å². The fourth-order valence-electron chi connectivity index (χ4n) is 3.57. The maximum atomic E-state index is 12.9. The molecule has 1 fully saturated rings. The minimum absolute atomic E-state index is 0.400. The van der Waals surface area contributed by atoms with Crippen molar-refractivity contribution in [1.29, 1.82) is 0 Å². The highest BCUT2D eigenvalue weighted by Gasteiger charge is 2.28. The molecule has 0 N–H and O–H groups in total. The van der Waals surface area contributed by atoms with E-state index in [0.29, 0.717) is 18.0 Å². The van der Waals surface area contributed by atoms with E-state index in [-0.39, 0.29) is 0 Å². The highest BCUT2D eigenvalue weighted by atomic mass is 32.2. The molecule has 0 spiro atoms. The van der Waals surface area contributed by atoms with Gasteiger partial charge in [0, 0.05) is 37.4 Å². The first-order chi connectivity index (χ1) is 13.1. The van der Waals surface area contributed by atoms with Crippen molar-refractivity contribution in [3.63, 3.8) is 0 Å². The van der Waals surface area contributed by atoms with E-state index >= 15 is 0 Å². The van der Waals surface area contributed by atoms with Crippen LogP contribution in [0.1, 0.15) is 18.1 Å². The molecule has 6 heteroatoms. The number of sulfonamides is 1. The summed E-state index contributed by atoms with van der Waals surface area (Å²) < 4.78 is 28.7. The van der Waals surface area contributed by atoms with E-state index in [2.05, 4.69) is 41.5 Å². The summed E-state index contributed by atoms with van der Waals surface area (Å²) in [4.78, 5) is 2.75. The monoisotopic (exact) mass is 400 g/mol. The molecular weight excluding hydrogens is 376 g/mol. The lowest BCUT2D eigenvalue weighted by Crippen LogP contribution is -2.48. The van der Waals surface area contributed by atoms with Crippen LogP contribution in [-0.2, 0) is 23.0 Å². The standard InChI is InChI=1S/C21H24N2O2S2/c1-2-17-7-9-19(10-8-17)27(24,25)23-13-11-22(12-14-23)15-18-16-26-21-6-4-3-5-20(18)21/h3-10,16H,2,11-15H2,1H3. The molecular formula is C21H24N2O2S2. The van der Waals surface area contributed by atoms with Gasteiger partial charge in [-0.3, -0.25) is 4.90 Å². The molecule has 1 aliphatic rings. The normalized spacial score (nSPS) is 16.8. The minimum Gasteiger partial charge on any atom is -0.296 e. The summed E-state index contributed by atoms with van der Waals surface area (Å²) in [5.41, 5.74) is 2.49. The van der Waals surface area contributed by atoms with Crippen molar-refractivity contribution in [1.82, 2.24) is 9.21 Å². The second-order valence-electron chi connectivity index (χ2n) is 6.93. The summed E-state index contributed by atoms with van der Waals surface area (Å²) in [6.45, 7) is 5.55. The molecule has 4 nitrogen and oxygen atoms in total. The van der Waals surface area contributed by atoms with E-state index < -0.39 is 10.0 Å². The Morgan fingerprint density at radius 3 is 2.37 bits per heavy atom. The van der Waals surface area contributed by atoms with Crippen molar-refractivity contribution in [3.8, 4) is 0 Å². The van der Waals surface area contributed by atoms with Crippen molar-refractivity contribution < 1.29 is 8.42 Å². The molecule has 2 aromatic carbocycles. The number of rotatable bonds is 5. The van der Waals surface area contributed by atoms with Gasteiger partial charge in [-0.05, 0) is 46.5 Å². The molecule has 2 heterocycles. The number of fused-ring (bicyclic) bond motifs is 1. The van der Waals surface area contributed by atoms with Gasteiger partial charge < -0.3 is 0 Å². The molecule has 1 aromatic heterocycles. The van der Waals surface area contributed by atoms with Crippen LogP contribution in [0.15, 0.2) is 58.8 Å². The molecule has 0 saturated carbocycles. The third kappa shape index (κ3) is 3.80. The van der Waals surface area contributed by atoms with Gasteiger partial charge in [-0.25, -0.2) is 8.42 Å². The van der Waals surface area contributed by atoms with E-state index in [0.717, 1.165) is 31.6 Å². The summed E-state index contributed by atoms with van der Waals surface area (Å²) in [6, 6.07) is 15.7. The van der Waals surface area contributed by atoms with Crippen LogP contribution in [-0.4, -0.2) is 43.8 Å². The number of aryl methyl sites for hydroxylation is 1. The summed E-state index contributed by atoms with van der Waals surface area (Å²) in [7, 11) is -3.40. The Morgan fingerprint density at radius 2 is 1.67 bits per heavy atom. The van der Waals surface area contributed by atoms with E-state index in [1.54, 1.807) is 27.8 Å². The number of hydrogen-bond acceptors (Lipinski definition) is 4. The average molecular weight is 401 g/mol. The zero-order valence-electron chi connectivity index (χ0n) is 15.5. The number of thiophene rings is 1. The fraction of sp³-hybridized carbons (Fsp3) is 0.333. The third-order valence-electron chi connectivity index (χ3n) is 5.26. The van der Waals surface area contributed by atoms with Gasteiger partial charge >= 0.3 is 0 Å². The van der Waals surface area contributed by atoms with Crippen LogP contribution in [0.25, 0.3) is 10.1 Å². The fourth-order valence-corrected chi connectivity index (χ4v) is 5.95. The Labute approximate surface area is 165 Å². The van der Waals surface area contributed by atoms with Gasteiger partial charge in [0.2, 0.25) is 10.0 Å². The van der Waals surface area contributed by atoms with Crippen molar-refractivity contribution in [3.05, 3.63) is 65.0 Å². The van der Waals surface area contributed by atoms with Crippen molar-refractivity contribution in [2.24, 2.45) is 0 Å². The minimum atomic E-state index is -3.40. The molecule has 0 atom stereocenters. The molecule has 0 radical (unpaired) electrons. The summed E-state index contributed by atoms with van der Waals surface area (Å²) in [5, 5.41) is 3.54. The molecule has 0 aliphatic carbocycles. The smallest absolute Gasteiger partial charge is 0.243 e. The molecule has 142 valence electrons. The highest BCUT2D eigenvalue weighted by molar-refractivity contribution is 7.89. The van der Waals surface area contributed by atoms with Gasteiger partial charge in [0.15, 0.2) is 0 Å². The SMILES string of the molecule is CCc1ccc(S(=O)(=O)N2CCN(Cc3csc4ccccc34)CC2)cc1. The second-order valence-corrected chi connectivity index (χ2v) is 9.78.